The molecule has 0 unspecified atom stereocenters. The van der Waals surface area contributed by atoms with Crippen molar-refractivity contribution in [2.45, 2.75) is 0 Å². The van der Waals surface area contributed by atoms with Gasteiger partial charge in [0, 0.05) is 21.2 Å². The summed E-state index contributed by atoms with van der Waals surface area (Å²) in [5, 5.41) is 10.2. The molecule has 0 aliphatic rings. The van der Waals surface area contributed by atoms with Gasteiger partial charge in [0.2, 0.25) is 0 Å². The molecule has 4 rings (SSSR count). The molecule has 0 fully saturated rings. The van der Waals surface area contributed by atoms with Crippen LogP contribution >= 0.6 is 23.2 Å². The van der Waals surface area contributed by atoms with Crippen molar-refractivity contribution in [1.29, 1.82) is 0 Å². The quantitative estimate of drug-likeness (QED) is 0.451. The van der Waals surface area contributed by atoms with Crippen LogP contribution < -0.4 is 0 Å². The first-order valence-corrected chi connectivity index (χ1v) is 8.51. The van der Waals surface area contributed by atoms with Crippen molar-refractivity contribution >= 4 is 23.2 Å². The number of benzene rings is 3. The van der Waals surface area contributed by atoms with Gasteiger partial charge >= 0.3 is 0 Å². The average molecular weight is 366 g/mol. The maximum absolute atomic E-state index is 6.05. The van der Waals surface area contributed by atoms with E-state index < -0.39 is 0 Å². The number of hydrogen-bond donors (Lipinski definition) is 0. The molecular formula is C20H13Cl2N3. The summed E-state index contributed by atoms with van der Waals surface area (Å²) in [6, 6.07) is 25.2. The number of nitrogens with zero attached hydrogens (tertiary/aromatic N) is 3. The standard InChI is InChI=1S/C20H13Cl2N3/c21-16-10-6-14(7-11-16)19-20(15-8-12-17(22)13-9-15)25(24-23-19)18-4-2-1-3-5-18/h1-13H. The molecule has 1 heterocycles. The van der Waals surface area contributed by atoms with Gasteiger partial charge in [0.15, 0.2) is 0 Å². The lowest BCUT2D eigenvalue weighted by atomic mass is 10.0. The maximum atomic E-state index is 6.05. The second-order valence-corrected chi connectivity index (χ2v) is 6.42. The summed E-state index contributed by atoms with van der Waals surface area (Å²) in [6.07, 6.45) is 0. The number of para-hydroxylation sites is 1. The maximum Gasteiger partial charge on any atom is 0.121 e. The molecule has 0 atom stereocenters. The molecule has 3 nitrogen and oxygen atoms in total. The van der Waals surface area contributed by atoms with Crippen LogP contribution in [0.1, 0.15) is 0 Å². The van der Waals surface area contributed by atoms with E-state index in [1.54, 1.807) is 0 Å². The van der Waals surface area contributed by atoms with E-state index >= 15 is 0 Å². The van der Waals surface area contributed by atoms with Gasteiger partial charge in [-0.3, -0.25) is 0 Å². The molecule has 0 bridgehead atoms. The minimum absolute atomic E-state index is 0.687. The smallest absolute Gasteiger partial charge is 0.121 e. The fourth-order valence-corrected chi connectivity index (χ4v) is 2.95. The third-order valence-electron chi connectivity index (χ3n) is 3.91. The Bertz CT molecular complexity index is 992. The Labute approximate surface area is 155 Å². The van der Waals surface area contributed by atoms with Crippen LogP contribution in [0.3, 0.4) is 0 Å². The van der Waals surface area contributed by atoms with E-state index in [4.69, 9.17) is 23.2 Å². The fourth-order valence-electron chi connectivity index (χ4n) is 2.70. The van der Waals surface area contributed by atoms with Gasteiger partial charge in [-0.25, -0.2) is 4.68 Å². The first-order valence-electron chi connectivity index (χ1n) is 7.75. The topological polar surface area (TPSA) is 30.7 Å². The van der Waals surface area contributed by atoms with Crippen molar-refractivity contribution in [3.05, 3.63) is 88.9 Å². The molecule has 0 aliphatic heterocycles. The summed E-state index contributed by atoms with van der Waals surface area (Å²) in [5.41, 5.74) is 4.59. The first-order chi connectivity index (χ1) is 12.2. The summed E-state index contributed by atoms with van der Waals surface area (Å²) < 4.78 is 1.84. The van der Waals surface area contributed by atoms with Crippen LogP contribution in [-0.2, 0) is 0 Å². The van der Waals surface area contributed by atoms with Crippen molar-refractivity contribution in [3.8, 4) is 28.2 Å². The molecule has 0 amide bonds. The number of aromatic nitrogens is 3. The zero-order chi connectivity index (χ0) is 17.2. The molecule has 3 aromatic carbocycles. The molecule has 0 aliphatic carbocycles. The summed E-state index contributed by atoms with van der Waals surface area (Å²) in [7, 11) is 0. The van der Waals surface area contributed by atoms with Gasteiger partial charge in [-0.05, 0) is 36.4 Å². The third kappa shape index (κ3) is 3.16. The zero-order valence-corrected chi connectivity index (χ0v) is 14.6. The fraction of sp³-hybridized carbons (Fsp3) is 0. The van der Waals surface area contributed by atoms with Gasteiger partial charge in [-0.15, -0.1) is 5.10 Å². The van der Waals surface area contributed by atoms with Crippen molar-refractivity contribution in [2.24, 2.45) is 0 Å². The molecule has 122 valence electrons. The minimum atomic E-state index is 0.687. The molecular weight excluding hydrogens is 353 g/mol. The SMILES string of the molecule is Clc1ccc(-c2nnn(-c3ccccc3)c2-c2ccc(Cl)cc2)cc1. The van der Waals surface area contributed by atoms with E-state index in [1.807, 2.05) is 83.5 Å². The monoisotopic (exact) mass is 365 g/mol. The lowest BCUT2D eigenvalue weighted by Crippen LogP contribution is -1.99. The predicted octanol–water partition coefficient (Wildman–Crippen LogP) is 5.91. The van der Waals surface area contributed by atoms with E-state index in [0.29, 0.717) is 10.0 Å². The molecule has 25 heavy (non-hydrogen) atoms. The third-order valence-corrected chi connectivity index (χ3v) is 4.41. The van der Waals surface area contributed by atoms with Crippen LogP contribution in [-0.4, -0.2) is 15.0 Å². The van der Waals surface area contributed by atoms with E-state index in [-0.39, 0.29) is 0 Å². The second kappa shape index (κ2) is 6.71. The zero-order valence-electron chi connectivity index (χ0n) is 13.1. The highest BCUT2D eigenvalue weighted by atomic mass is 35.5. The van der Waals surface area contributed by atoms with Crippen LogP contribution in [0.5, 0.6) is 0 Å². The Hall–Kier alpha value is -2.62. The molecule has 4 aromatic rings. The predicted molar refractivity (Wildman–Crippen MR) is 102 cm³/mol. The molecule has 0 spiro atoms. The minimum Gasteiger partial charge on any atom is -0.212 e. The molecule has 0 radical (unpaired) electrons. The largest absolute Gasteiger partial charge is 0.212 e. The van der Waals surface area contributed by atoms with Crippen LogP contribution in [0, 0.1) is 0 Å². The van der Waals surface area contributed by atoms with Crippen LogP contribution in [0.15, 0.2) is 78.9 Å². The molecule has 0 saturated heterocycles. The molecule has 1 aromatic heterocycles. The van der Waals surface area contributed by atoms with E-state index in [0.717, 1.165) is 28.2 Å². The van der Waals surface area contributed by atoms with Gasteiger partial charge in [-0.1, -0.05) is 70.9 Å². The summed E-state index contributed by atoms with van der Waals surface area (Å²) in [5.74, 6) is 0. The normalized spacial score (nSPS) is 10.8. The average Bonchev–Trinajstić information content (AvgIpc) is 3.09. The van der Waals surface area contributed by atoms with E-state index in [9.17, 15) is 0 Å². The highest BCUT2D eigenvalue weighted by Crippen LogP contribution is 2.33. The van der Waals surface area contributed by atoms with Gasteiger partial charge in [0.25, 0.3) is 0 Å². The summed E-state index contributed by atoms with van der Waals surface area (Å²) in [4.78, 5) is 0. The van der Waals surface area contributed by atoms with Gasteiger partial charge < -0.3 is 0 Å². The van der Waals surface area contributed by atoms with Crippen LogP contribution in [0.2, 0.25) is 10.0 Å². The number of hydrogen-bond acceptors (Lipinski definition) is 2. The van der Waals surface area contributed by atoms with E-state index in [2.05, 4.69) is 10.3 Å². The summed E-state index contributed by atoms with van der Waals surface area (Å²) >= 11 is 12.1. The Morgan fingerprint density at radius 3 is 1.80 bits per heavy atom. The van der Waals surface area contributed by atoms with E-state index in [1.165, 1.54) is 0 Å². The van der Waals surface area contributed by atoms with Crippen LogP contribution in [0.25, 0.3) is 28.2 Å². The highest BCUT2D eigenvalue weighted by molar-refractivity contribution is 6.31. The highest BCUT2D eigenvalue weighted by Gasteiger charge is 2.17. The molecule has 0 N–H and O–H groups in total. The first kappa shape index (κ1) is 15.9. The number of halogens is 2. The van der Waals surface area contributed by atoms with Crippen LogP contribution in [0.4, 0.5) is 0 Å². The van der Waals surface area contributed by atoms with Gasteiger partial charge in [-0.2, -0.15) is 0 Å². The van der Waals surface area contributed by atoms with Crippen molar-refractivity contribution < 1.29 is 0 Å². The lowest BCUT2D eigenvalue weighted by molar-refractivity contribution is 0.808. The second-order valence-electron chi connectivity index (χ2n) is 5.55. The van der Waals surface area contributed by atoms with Gasteiger partial charge in [0.05, 0.1) is 5.69 Å². The number of rotatable bonds is 3. The lowest BCUT2D eigenvalue weighted by Gasteiger charge is -2.09. The molecule has 5 heteroatoms. The Morgan fingerprint density at radius 1 is 0.640 bits per heavy atom. The Kier molecular flexibility index (Phi) is 4.26. The van der Waals surface area contributed by atoms with Crippen molar-refractivity contribution in [3.63, 3.8) is 0 Å². The Balaban J connectivity index is 1.94. The van der Waals surface area contributed by atoms with Crippen molar-refractivity contribution in [1.82, 2.24) is 15.0 Å². The Morgan fingerprint density at radius 2 is 1.20 bits per heavy atom. The van der Waals surface area contributed by atoms with Gasteiger partial charge in [0.1, 0.15) is 11.4 Å². The summed E-state index contributed by atoms with van der Waals surface area (Å²) in [6.45, 7) is 0. The van der Waals surface area contributed by atoms with Crippen molar-refractivity contribution in [2.75, 3.05) is 0 Å². The molecule has 0 saturated carbocycles.